The second kappa shape index (κ2) is 7.57. The molecule has 0 aromatic heterocycles. The average Bonchev–Trinajstić information content (AvgIpc) is 2.20. The van der Waals surface area contributed by atoms with Crippen molar-refractivity contribution in [2.24, 2.45) is 0 Å². The second-order valence-electron chi connectivity index (χ2n) is 4.46. The number of hydrogen-bond donors (Lipinski definition) is 4. The maximum atomic E-state index is 10.8. The highest BCUT2D eigenvalue weighted by Gasteiger charge is 2.17. The van der Waals surface area contributed by atoms with Crippen molar-refractivity contribution in [2.75, 3.05) is 20.2 Å². The van der Waals surface area contributed by atoms with E-state index in [9.17, 15) is 15.0 Å². The molecule has 0 bridgehead atoms. The first-order chi connectivity index (χ1) is 7.74. The zero-order chi connectivity index (χ0) is 13.5. The Morgan fingerprint density at radius 3 is 2.35 bits per heavy atom. The number of carbonyl (C=O) groups is 1. The van der Waals surface area contributed by atoms with E-state index in [1.807, 2.05) is 0 Å². The smallest absolute Gasteiger partial charge is 0.319 e. The summed E-state index contributed by atoms with van der Waals surface area (Å²) >= 11 is 0. The third kappa shape index (κ3) is 10.2. The van der Waals surface area contributed by atoms with Gasteiger partial charge in [0.2, 0.25) is 6.41 Å². The van der Waals surface area contributed by atoms with Gasteiger partial charge in [0.1, 0.15) is 6.23 Å². The molecular formula is C10H22N2O5. The molecule has 17 heavy (non-hydrogen) atoms. The van der Waals surface area contributed by atoms with Crippen LogP contribution in [0.5, 0.6) is 0 Å². The van der Waals surface area contributed by atoms with E-state index < -0.39 is 24.2 Å². The lowest BCUT2D eigenvalue weighted by Gasteiger charge is -2.25. The maximum Gasteiger partial charge on any atom is 0.319 e. The monoisotopic (exact) mass is 250 g/mol. The lowest BCUT2D eigenvalue weighted by Crippen LogP contribution is -2.46. The Labute approximate surface area is 101 Å². The van der Waals surface area contributed by atoms with E-state index in [0.717, 1.165) is 0 Å². The molecule has 0 fully saturated rings. The van der Waals surface area contributed by atoms with Crippen LogP contribution in [0.2, 0.25) is 0 Å². The number of aliphatic hydroxyl groups excluding tert-OH is 2. The molecular weight excluding hydrogens is 228 g/mol. The zero-order valence-corrected chi connectivity index (χ0v) is 10.7. The summed E-state index contributed by atoms with van der Waals surface area (Å²) in [5.74, 6) is -0.476. The summed E-state index contributed by atoms with van der Waals surface area (Å²) in [5, 5.41) is 23.8. The molecule has 7 heteroatoms. The van der Waals surface area contributed by atoms with Crippen molar-refractivity contribution in [3.05, 3.63) is 0 Å². The van der Waals surface area contributed by atoms with E-state index in [2.05, 4.69) is 15.4 Å². The molecule has 4 N–H and O–H groups in total. The normalized spacial score (nSPS) is 15.4. The van der Waals surface area contributed by atoms with Crippen LogP contribution >= 0.6 is 0 Å². The van der Waals surface area contributed by atoms with E-state index in [-0.39, 0.29) is 13.1 Å². The second-order valence-corrected chi connectivity index (χ2v) is 4.46. The number of rotatable bonds is 7. The first-order valence-electron chi connectivity index (χ1n) is 5.32. The number of carbonyl (C=O) groups excluding carboxylic acids is 1. The van der Waals surface area contributed by atoms with E-state index in [4.69, 9.17) is 4.74 Å². The first kappa shape index (κ1) is 16.3. The quantitative estimate of drug-likeness (QED) is 0.331. The highest BCUT2D eigenvalue weighted by atomic mass is 16.6. The van der Waals surface area contributed by atoms with Crippen molar-refractivity contribution < 1.29 is 24.5 Å². The predicted molar refractivity (Wildman–Crippen MR) is 60.9 cm³/mol. The molecule has 2 unspecified atom stereocenters. The number of methoxy groups -OCH3 is 1. The molecule has 0 radical (unpaired) electrons. The van der Waals surface area contributed by atoms with Gasteiger partial charge in [0.15, 0.2) is 0 Å². The third-order valence-corrected chi connectivity index (χ3v) is 1.66. The Kier molecular flexibility index (Phi) is 7.24. The van der Waals surface area contributed by atoms with Crippen LogP contribution in [0.3, 0.4) is 0 Å². The zero-order valence-electron chi connectivity index (χ0n) is 10.7. The lowest BCUT2D eigenvalue weighted by molar-refractivity contribution is -0.183. The van der Waals surface area contributed by atoms with E-state index in [1.165, 1.54) is 7.11 Å². The Morgan fingerprint density at radius 2 is 1.88 bits per heavy atom. The summed E-state index contributed by atoms with van der Waals surface area (Å²) in [7, 11) is 1.26. The number of hydrogen-bond acceptors (Lipinski definition) is 7. The van der Waals surface area contributed by atoms with Crippen LogP contribution in [0.1, 0.15) is 20.8 Å². The minimum absolute atomic E-state index is 0.0360. The summed E-state index contributed by atoms with van der Waals surface area (Å²) in [4.78, 5) is 10.8. The lowest BCUT2D eigenvalue weighted by atomic mass is 10.2. The van der Waals surface area contributed by atoms with Gasteiger partial charge in [-0.15, -0.1) is 0 Å². The number of esters is 1. The Bertz CT molecular complexity index is 229. The molecule has 0 aliphatic rings. The molecule has 0 aliphatic heterocycles. The van der Waals surface area contributed by atoms with Gasteiger partial charge >= 0.3 is 5.97 Å². The van der Waals surface area contributed by atoms with Crippen molar-refractivity contribution in [3.63, 3.8) is 0 Å². The predicted octanol–water partition coefficient (Wildman–Crippen LogP) is -1.25. The van der Waals surface area contributed by atoms with Gasteiger partial charge < -0.3 is 19.7 Å². The molecule has 0 saturated heterocycles. The van der Waals surface area contributed by atoms with Gasteiger partial charge in [-0.2, -0.15) is 0 Å². The van der Waals surface area contributed by atoms with Gasteiger partial charge in [-0.1, -0.05) is 0 Å². The average molecular weight is 250 g/mol. The van der Waals surface area contributed by atoms with Crippen LogP contribution in [0.25, 0.3) is 0 Å². The summed E-state index contributed by atoms with van der Waals surface area (Å²) < 4.78 is 9.53. The fraction of sp³-hybridized carbons (Fsp3) is 0.900. The van der Waals surface area contributed by atoms with Gasteiger partial charge in [0.05, 0.1) is 19.3 Å². The molecule has 0 aliphatic carbocycles. The maximum absolute atomic E-state index is 10.8. The number of nitrogens with one attached hydrogen (secondary N) is 2. The molecule has 0 amide bonds. The van der Waals surface area contributed by atoms with Crippen molar-refractivity contribution in [1.29, 1.82) is 0 Å². The van der Waals surface area contributed by atoms with Gasteiger partial charge in [-0.25, -0.2) is 0 Å². The third-order valence-electron chi connectivity index (χ3n) is 1.66. The van der Waals surface area contributed by atoms with Gasteiger partial charge in [0, 0.05) is 6.54 Å². The Hall–Kier alpha value is -0.730. The minimum Gasteiger partial charge on any atom is -0.468 e. The fourth-order valence-electron chi connectivity index (χ4n) is 0.934. The van der Waals surface area contributed by atoms with E-state index in [0.29, 0.717) is 0 Å². The van der Waals surface area contributed by atoms with Crippen LogP contribution in [-0.2, 0) is 14.3 Å². The SMILES string of the molecule is COC(=O)CNC(O)CNC(O)OC(C)(C)C. The van der Waals surface area contributed by atoms with Crippen LogP contribution in [-0.4, -0.2) is 54.6 Å². The van der Waals surface area contributed by atoms with Gasteiger partial charge in [-0.05, 0) is 20.8 Å². The summed E-state index contributed by atoms with van der Waals surface area (Å²) in [6.45, 7) is 5.32. The molecule has 0 saturated carbocycles. The number of ether oxygens (including phenoxy) is 2. The van der Waals surface area contributed by atoms with E-state index >= 15 is 0 Å². The van der Waals surface area contributed by atoms with Crippen LogP contribution in [0.15, 0.2) is 0 Å². The van der Waals surface area contributed by atoms with Gasteiger partial charge in [0.25, 0.3) is 0 Å². The number of aliphatic hydroxyl groups is 2. The Morgan fingerprint density at radius 1 is 1.29 bits per heavy atom. The molecule has 0 rings (SSSR count). The summed E-state index contributed by atoms with van der Waals surface area (Å²) in [6, 6.07) is 0. The van der Waals surface area contributed by atoms with Crippen molar-refractivity contribution in [2.45, 2.75) is 39.0 Å². The molecule has 0 spiro atoms. The van der Waals surface area contributed by atoms with E-state index in [1.54, 1.807) is 20.8 Å². The van der Waals surface area contributed by atoms with Gasteiger partial charge in [-0.3, -0.25) is 15.4 Å². The Balaban J connectivity index is 3.69. The summed E-state index contributed by atoms with van der Waals surface area (Å²) in [6.07, 6.45) is -2.16. The molecule has 102 valence electrons. The van der Waals surface area contributed by atoms with Crippen LogP contribution in [0.4, 0.5) is 0 Å². The fourth-order valence-corrected chi connectivity index (χ4v) is 0.934. The standard InChI is InChI=1S/C10H22N2O5/c1-10(2,3)17-9(15)12-5-7(13)11-6-8(14)16-4/h7,9,11-13,15H,5-6H2,1-4H3. The van der Waals surface area contributed by atoms with Crippen LogP contribution in [0, 0.1) is 0 Å². The molecule has 0 aromatic rings. The molecule has 0 heterocycles. The van der Waals surface area contributed by atoms with Crippen LogP contribution < -0.4 is 10.6 Å². The van der Waals surface area contributed by atoms with Crippen molar-refractivity contribution in [3.8, 4) is 0 Å². The highest BCUT2D eigenvalue weighted by molar-refractivity contribution is 5.71. The molecule has 2 atom stereocenters. The first-order valence-corrected chi connectivity index (χ1v) is 5.32. The van der Waals surface area contributed by atoms with Crippen molar-refractivity contribution in [1.82, 2.24) is 10.6 Å². The highest BCUT2D eigenvalue weighted by Crippen LogP contribution is 2.07. The topological polar surface area (TPSA) is 100 Å². The molecule has 7 nitrogen and oxygen atoms in total. The largest absolute Gasteiger partial charge is 0.468 e. The molecule has 0 aromatic carbocycles. The minimum atomic E-state index is -1.18. The summed E-state index contributed by atoms with van der Waals surface area (Å²) in [5.41, 5.74) is -0.489. The van der Waals surface area contributed by atoms with Crippen molar-refractivity contribution >= 4 is 5.97 Å².